The number of rotatable bonds is 2. The molecule has 1 rings (SSSR count). The molecule has 0 aromatic heterocycles. The van der Waals surface area contributed by atoms with E-state index in [-0.39, 0.29) is 0 Å². The van der Waals surface area contributed by atoms with Gasteiger partial charge in [-0.3, -0.25) is 0 Å². The van der Waals surface area contributed by atoms with Crippen molar-refractivity contribution in [3.05, 3.63) is 29.3 Å². The predicted molar refractivity (Wildman–Crippen MR) is 46.4 cm³/mol. The summed E-state index contributed by atoms with van der Waals surface area (Å²) in [6, 6.07) is 7.64. The summed E-state index contributed by atoms with van der Waals surface area (Å²) in [4.78, 5) is 1.16. The van der Waals surface area contributed by atoms with Crippen LogP contribution < -0.4 is 5.73 Å². The summed E-state index contributed by atoms with van der Waals surface area (Å²) in [7, 11) is 0. The molecular weight excluding hydrogens is 166 g/mol. The van der Waals surface area contributed by atoms with E-state index in [1.165, 1.54) is 0 Å². The van der Waals surface area contributed by atoms with Gasteiger partial charge >= 0.3 is 0 Å². The fraction of sp³-hybridized carbons (Fsp3) is 0.143. The van der Waals surface area contributed by atoms with Crippen molar-refractivity contribution in [1.82, 2.24) is 0 Å². The second-order valence-electron chi connectivity index (χ2n) is 1.76. The largest absolute Gasteiger partial charge is 0.322 e. The van der Waals surface area contributed by atoms with Gasteiger partial charge in [0.05, 0.1) is 0 Å². The highest BCUT2D eigenvalue weighted by atomic mass is 35.5. The number of nitrogens with two attached hydrogens (primary N) is 1. The maximum Gasteiger partial charge on any atom is 0.0440 e. The lowest BCUT2D eigenvalue weighted by Crippen LogP contribution is -1.90. The van der Waals surface area contributed by atoms with Crippen LogP contribution in [0.3, 0.4) is 0 Å². The normalized spacial score (nSPS) is 9.80. The average Bonchev–Trinajstić information content (AvgIpc) is 1.95. The summed E-state index contributed by atoms with van der Waals surface area (Å²) >= 11 is 7.27. The zero-order valence-electron chi connectivity index (χ0n) is 5.38. The molecule has 0 saturated carbocycles. The molecule has 0 aliphatic heterocycles. The van der Waals surface area contributed by atoms with Crippen LogP contribution in [-0.2, 0) is 0 Å². The number of halogens is 1. The summed E-state index contributed by atoms with van der Waals surface area (Å²) in [5, 5.41) is 0.765. The monoisotopic (exact) mass is 173 g/mol. The lowest BCUT2D eigenvalue weighted by Gasteiger charge is -1.95. The third-order valence-electron chi connectivity index (χ3n) is 1.06. The SMILES string of the molecule is NCSc1ccc(Cl)cc1. The maximum absolute atomic E-state index is 5.67. The van der Waals surface area contributed by atoms with E-state index in [0.29, 0.717) is 5.88 Å². The minimum Gasteiger partial charge on any atom is -0.322 e. The lowest BCUT2D eigenvalue weighted by atomic mass is 10.4. The van der Waals surface area contributed by atoms with Crippen molar-refractivity contribution in [2.24, 2.45) is 5.73 Å². The minimum atomic E-state index is 0.613. The smallest absolute Gasteiger partial charge is 0.0440 e. The minimum absolute atomic E-state index is 0.613. The average molecular weight is 174 g/mol. The molecule has 3 heteroatoms. The Bertz CT molecular complexity index is 197. The third-order valence-corrected chi connectivity index (χ3v) is 2.09. The van der Waals surface area contributed by atoms with Crippen LogP contribution in [0.2, 0.25) is 5.02 Å². The van der Waals surface area contributed by atoms with Crippen molar-refractivity contribution >= 4 is 23.4 Å². The molecule has 1 nitrogen and oxygen atoms in total. The van der Waals surface area contributed by atoms with Crippen LogP contribution in [0.1, 0.15) is 0 Å². The third kappa shape index (κ3) is 2.21. The molecule has 1 aromatic rings. The Labute approximate surface area is 69.6 Å². The zero-order valence-corrected chi connectivity index (χ0v) is 6.95. The van der Waals surface area contributed by atoms with E-state index in [0.717, 1.165) is 9.92 Å². The van der Waals surface area contributed by atoms with E-state index in [2.05, 4.69) is 0 Å². The van der Waals surface area contributed by atoms with Crippen LogP contribution >= 0.6 is 23.4 Å². The molecule has 54 valence electrons. The van der Waals surface area contributed by atoms with Crippen LogP contribution in [-0.4, -0.2) is 5.88 Å². The fourth-order valence-corrected chi connectivity index (χ4v) is 1.27. The van der Waals surface area contributed by atoms with Gasteiger partial charge in [-0.25, -0.2) is 0 Å². The molecule has 0 atom stereocenters. The van der Waals surface area contributed by atoms with Crippen molar-refractivity contribution in [2.75, 3.05) is 5.88 Å². The predicted octanol–water partition coefficient (Wildman–Crippen LogP) is 2.35. The number of thioether (sulfide) groups is 1. The Morgan fingerprint density at radius 1 is 1.30 bits per heavy atom. The summed E-state index contributed by atoms with van der Waals surface area (Å²) in [5.41, 5.74) is 5.33. The van der Waals surface area contributed by atoms with Crippen molar-refractivity contribution in [1.29, 1.82) is 0 Å². The summed E-state index contributed by atoms with van der Waals surface area (Å²) in [5.74, 6) is 0.613. The molecule has 0 radical (unpaired) electrons. The van der Waals surface area contributed by atoms with Gasteiger partial charge in [-0.1, -0.05) is 11.6 Å². The Morgan fingerprint density at radius 3 is 2.40 bits per heavy atom. The molecule has 0 saturated heterocycles. The van der Waals surface area contributed by atoms with Gasteiger partial charge in [-0.05, 0) is 24.3 Å². The Balaban J connectivity index is 2.69. The summed E-state index contributed by atoms with van der Waals surface area (Å²) in [6.07, 6.45) is 0. The first-order valence-corrected chi connectivity index (χ1v) is 4.27. The molecule has 0 spiro atoms. The Morgan fingerprint density at radius 2 is 1.90 bits per heavy atom. The molecule has 0 aliphatic carbocycles. The van der Waals surface area contributed by atoms with Crippen LogP contribution in [0.5, 0.6) is 0 Å². The van der Waals surface area contributed by atoms with Gasteiger partial charge in [0.25, 0.3) is 0 Å². The van der Waals surface area contributed by atoms with Gasteiger partial charge in [-0.2, -0.15) is 0 Å². The van der Waals surface area contributed by atoms with E-state index in [1.807, 2.05) is 24.3 Å². The van der Waals surface area contributed by atoms with Crippen molar-refractivity contribution < 1.29 is 0 Å². The van der Waals surface area contributed by atoms with Gasteiger partial charge in [0, 0.05) is 15.8 Å². The van der Waals surface area contributed by atoms with Crippen LogP contribution in [0.4, 0.5) is 0 Å². The molecule has 0 aliphatic rings. The first kappa shape index (κ1) is 7.92. The Hall–Kier alpha value is -0.180. The number of hydrogen-bond acceptors (Lipinski definition) is 2. The topological polar surface area (TPSA) is 26.0 Å². The van der Waals surface area contributed by atoms with Gasteiger partial charge < -0.3 is 5.73 Å². The van der Waals surface area contributed by atoms with Gasteiger partial charge in [0.1, 0.15) is 0 Å². The molecule has 0 heterocycles. The lowest BCUT2D eigenvalue weighted by molar-refractivity contribution is 1.37. The molecular formula is C7H8ClNS. The first-order valence-electron chi connectivity index (χ1n) is 2.91. The van der Waals surface area contributed by atoms with Crippen LogP contribution in [0.25, 0.3) is 0 Å². The number of hydrogen-bond donors (Lipinski definition) is 1. The second kappa shape index (κ2) is 3.86. The van der Waals surface area contributed by atoms with Crippen LogP contribution in [0, 0.1) is 0 Å². The van der Waals surface area contributed by atoms with E-state index >= 15 is 0 Å². The van der Waals surface area contributed by atoms with Crippen molar-refractivity contribution in [2.45, 2.75) is 4.90 Å². The molecule has 0 unspecified atom stereocenters. The van der Waals surface area contributed by atoms with E-state index in [4.69, 9.17) is 17.3 Å². The highest BCUT2D eigenvalue weighted by Gasteiger charge is 1.89. The zero-order chi connectivity index (χ0) is 7.40. The van der Waals surface area contributed by atoms with Gasteiger partial charge in [0.15, 0.2) is 0 Å². The molecule has 0 amide bonds. The molecule has 1 aromatic carbocycles. The van der Waals surface area contributed by atoms with E-state index in [9.17, 15) is 0 Å². The molecule has 10 heavy (non-hydrogen) atoms. The molecule has 0 fully saturated rings. The van der Waals surface area contributed by atoms with Crippen molar-refractivity contribution in [3.8, 4) is 0 Å². The molecule has 0 bridgehead atoms. The van der Waals surface area contributed by atoms with Crippen molar-refractivity contribution in [3.63, 3.8) is 0 Å². The standard InChI is InChI=1S/C7H8ClNS/c8-6-1-3-7(4-2-6)10-5-9/h1-4H,5,9H2. The summed E-state index contributed by atoms with van der Waals surface area (Å²) < 4.78 is 0. The number of benzene rings is 1. The van der Waals surface area contributed by atoms with E-state index in [1.54, 1.807) is 11.8 Å². The second-order valence-corrected chi connectivity index (χ2v) is 3.29. The highest BCUT2D eigenvalue weighted by molar-refractivity contribution is 7.99. The quantitative estimate of drug-likeness (QED) is 0.549. The Kier molecular flexibility index (Phi) is 3.06. The highest BCUT2D eigenvalue weighted by Crippen LogP contribution is 2.18. The summed E-state index contributed by atoms with van der Waals surface area (Å²) in [6.45, 7) is 0. The van der Waals surface area contributed by atoms with E-state index < -0.39 is 0 Å². The first-order chi connectivity index (χ1) is 4.83. The molecule has 2 N–H and O–H groups in total. The van der Waals surface area contributed by atoms with Gasteiger partial charge in [-0.15, -0.1) is 11.8 Å². The van der Waals surface area contributed by atoms with Crippen LogP contribution in [0.15, 0.2) is 29.2 Å². The maximum atomic E-state index is 5.67. The van der Waals surface area contributed by atoms with Gasteiger partial charge in [0.2, 0.25) is 0 Å². The fourth-order valence-electron chi connectivity index (χ4n) is 0.627.